The highest BCUT2D eigenvalue weighted by Gasteiger charge is 2.26. The Bertz CT molecular complexity index is 984. The van der Waals surface area contributed by atoms with Gasteiger partial charge in [-0.15, -0.1) is 11.3 Å². The molecule has 0 radical (unpaired) electrons. The van der Waals surface area contributed by atoms with Crippen LogP contribution in [0.5, 0.6) is 5.75 Å². The first kappa shape index (κ1) is 17.9. The van der Waals surface area contributed by atoms with Crippen LogP contribution in [0.1, 0.15) is 23.3 Å². The number of amides is 1. The number of hydrogen-bond donors (Lipinski definition) is 0. The Morgan fingerprint density at radius 2 is 2.22 bits per heavy atom. The molecule has 1 saturated heterocycles. The molecule has 1 aliphatic heterocycles. The fraction of sp³-hybridized carbons (Fsp3) is 0.368. The van der Waals surface area contributed by atoms with Gasteiger partial charge in [0.05, 0.1) is 18.9 Å². The van der Waals surface area contributed by atoms with Gasteiger partial charge in [-0.25, -0.2) is 9.37 Å². The molecule has 1 atom stereocenters. The summed E-state index contributed by atoms with van der Waals surface area (Å²) in [6.45, 7) is 1.32. The lowest BCUT2D eigenvalue weighted by molar-refractivity contribution is 0.0265. The van der Waals surface area contributed by atoms with E-state index in [-0.39, 0.29) is 17.8 Å². The zero-order valence-corrected chi connectivity index (χ0v) is 16.0. The van der Waals surface area contributed by atoms with E-state index in [1.165, 1.54) is 24.5 Å². The summed E-state index contributed by atoms with van der Waals surface area (Å²) < 4.78 is 26.2. The van der Waals surface area contributed by atoms with Gasteiger partial charge in [0.15, 0.2) is 16.5 Å². The Balaban J connectivity index is 1.64. The SMILES string of the molecule is COc1ccc(-c2cn3c(C(=O)N4CCC[C@@H](OC)C4)csc3n2)cc1F. The van der Waals surface area contributed by atoms with Crippen molar-refractivity contribution in [2.45, 2.75) is 18.9 Å². The molecule has 0 unspecified atom stereocenters. The lowest BCUT2D eigenvalue weighted by Crippen LogP contribution is -2.43. The molecule has 0 aliphatic carbocycles. The first-order valence-electron chi connectivity index (χ1n) is 8.73. The number of hydrogen-bond acceptors (Lipinski definition) is 5. The average molecular weight is 389 g/mol. The van der Waals surface area contributed by atoms with Gasteiger partial charge >= 0.3 is 0 Å². The van der Waals surface area contributed by atoms with Crippen molar-refractivity contribution in [3.63, 3.8) is 0 Å². The van der Waals surface area contributed by atoms with Crippen LogP contribution in [0.2, 0.25) is 0 Å². The highest BCUT2D eigenvalue weighted by atomic mass is 32.1. The van der Waals surface area contributed by atoms with Crippen molar-refractivity contribution in [1.29, 1.82) is 0 Å². The number of carbonyl (C=O) groups is 1. The van der Waals surface area contributed by atoms with Gasteiger partial charge in [-0.1, -0.05) is 0 Å². The normalized spacial score (nSPS) is 17.4. The minimum Gasteiger partial charge on any atom is -0.494 e. The van der Waals surface area contributed by atoms with E-state index in [4.69, 9.17) is 9.47 Å². The summed E-state index contributed by atoms with van der Waals surface area (Å²) in [6, 6.07) is 4.72. The molecule has 142 valence electrons. The smallest absolute Gasteiger partial charge is 0.271 e. The summed E-state index contributed by atoms with van der Waals surface area (Å²) in [4.78, 5) is 20.0. The molecular formula is C19H20FN3O3S. The van der Waals surface area contributed by atoms with Crippen LogP contribution in [0.25, 0.3) is 16.2 Å². The number of halogens is 1. The van der Waals surface area contributed by atoms with Gasteiger partial charge in [-0.3, -0.25) is 9.20 Å². The Morgan fingerprint density at radius 3 is 2.96 bits per heavy atom. The minimum atomic E-state index is -0.443. The third-order valence-corrected chi connectivity index (χ3v) is 5.71. The molecule has 8 heteroatoms. The summed E-state index contributed by atoms with van der Waals surface area (Å²) in [5.41, 5.74) is 1.82. The standard InChI is InChI=1S/C19H20FN3O3S/c1-25-13-4-3-7-22(9-13)18(24)16-11-27-19-21-15(10-23(16)19)12-5-6-17(26-2)14(20)8-12/h5-6,8,10-11,13H,3-4,7,9H2,1-2H3/t13-/m1/s1. The largest absolute Gasteiger partial charge is 0.494 e. The fourth-order valence-corrected chi connectivity index (χ4v) is 4.23. The third-order valence-electron chi connectivity index (χ3n) is 4.87. The lowest BCUT2D eigenvalue weighted by Gasteiger charge is -2.31. The van der Waals surface area contributed by atoms with E-state index < -0.39 is 5.82 Å². The van der Waals surface area contributed by atoms with Gasteiger partial charge in [0, 0.05) is 37.3 Å². The van der Waals surface area contributed by atoms with Crippen LogP contribution in [0.4, 0.5) is 4.39 Å². The second-order valence-electron chi connectivity index (χ2n) is 6.50. The summed E-state index contributed by atoms with van der Waals surface area (Å²) >= 11 is 1.39. The summed E-state index contributed by atoms with van der Waals surface area (Å²) in [5.74, 6) is -0.289. The van der Waals surface area contributed by atoms with Crippen molar-refractivity contribution >= 4 is 22.2 Å². The number of aromatic nitrogens is 2. The molecule has 0 saturated carbocycles. The maximum atomic E-state index is 14.0. The highest BCUT2D eigenvalue weighted by molar-refractivity contribution is 7.15. The van der Waals surface area contributed by atoms with Gasteiger partial charge in [0.1, 0.15) is 5.69 Å². The number of fused-ring (bicyclic) bond motifs is 1. The van der Waals surface area contributed by atoms with E-state index in [0.717, 1.165) is 19.4 Å². The Kier molecular flexibility index (Phi) is 4.84. The fourth-order valence-electron chi connectivity index (χ4n) is 3.38. The van der Waals surface area contributed by atoms with Crippen molar-refractivity contribution in [3.8, 4) is 17.0 Å². The predicted molar refractivity (Wildman–Crippen MR) is 101 cm³/mol. The number of thiazole rings is 1. The topological polar surface area (TPSA) is 56.1 Å². The van der Waals surface area contributed by atoms with E-state index in [1.54, 1.807) is 29.8 Å². The maximum absolute atomic E-state index is 14.0. The number of rotatable bonds is 4. The molecule has 1 fully saturated rings. The van der Waals surface area contributed by atoms with Crippen molar-refractivity contribution in [1.82, 2.24) is 14.3 Å². The zero-order valence-electron chi connectivity index (χ0n) is 15.1. The third kappa shape index (κ3) is 3.30. The number of benzene rings is 1. The summed E-state index contributed by atoms with van der Waals surface area (Å²) in [7, 11) is 3.11. The second kappa shape index (κ2) is 7.28. The second-order valence-corrected chi connectivity index (χ2v) is 7.34. The van der Waals surface area contributed by atoms with Crippen molar-refractivity contribution in [2.24, 2.45) is 0 Å². The van der Waals surface area contributed by atoms with Gasteiger partial charge in [-0.2, -0.15) is 0 Å². The molecular weight excluding hydrogens is 369 g/mol. The van der Waals surface area contributed by atoms with E-state index in [9.17, 15) is 9.18 Å². The molecule has 0 N–H and O–H groups in total. The molecule has 2 aromatic heterocycles. The van der Waals surface area contributed by atoms with Crippen LogP contribution >= 0.6 is 11.3 Å². The molecule has 1 amide bonds. The predicted octanol–water partition coefficient (Wildman–Crippen LogP) is 3.46. The van der Waals surface area contributed by atoms with Gasteiger partial charge in [0.2, 0.25) is 0 Å². The molecule has 0 bridgehead atoms. The molecule has 6 nitrogen and oxygen atoms in total. The highest BCUT2D eigenvalue weighted by Crippen LogP contribution is 2.28. The maximum Gasteiger partial charge on any atom is 0.271 e. The molecule has 3 heterocycles. The van der Waals surface area contributed by atoms with Crippen molar-refractivity contribution < 1.29 is 18.7 Å². The van der Waals surface area contributed by atoms with Gasteiger partial charge < -0.3 is 14.4 Å². The number of piperidine rings is 1. The van der Waals surface area contributed by atoms with E-state index in [1.807, 2.05) is 10.3 Å². The number of imidazole rings is 1. The Labute approximate surface area is 160 Å². The van der Waals surface area contributed by atoms with Crippen LogP contribution in [-0.2, 0) is 4.74 Å². The summed E-state index contributed by atoms with van der Waals surface area (Å²) in [6.07, 6.45) is 3.76. The number of ether oxygens (including phenoxy) is 2. The van der Waals surface area contributed by atoms with Gasteiger partial charge in [0.25, 0.3) is 5.91 Å². The van der Waals surface area contributed by atoms with E-state index in [0.29, 0.717) is 28.5 Å². The van der Waals surface area contributed by atoms with Crippen molar-refractivity contribution in [2.75, 3.05) is 27.3 Å². The minimum absolute atomic E-state index is 0.0344. The van der Waals surface area contributed by atoms with E-state index in [2.05, 4.69) is 4.98 Å². The Morgan fingerprint density at radius 1 is 1.37 bits per heavy atom. The number of nitrogens with zero attached hydrogens (tertiary/aromatic N) is 3. The lowest BCUT2D eigenvalue weighted by atomic mass is 10.1. The Hall–Kier alpha value is -2.45. The molecule has 3 aromatic rings. The van der Waals surface area contributed by atoms with Crippen LogP contribution in [0.15, 0.2) is 29.8 Å². The van der Waals surface area contributed by atoms with Crippen LogP contribution in [0, 0.1) is 5.82 Å². The van der Waals surface area contributed by atoms with E-state index >= 15 is 0 Å². The number of likely N-dealkylation sites (tertiary alicyclic amines) is 1. The van der Waals surface area contributed by atoms with Crippen molar-refractivity contribution in [3.05, 3.63) is 41.3 Å². The average Bonchev–Trinajstić information content (AvgIpc) is 3.28. The van der Waals surface area contributed by atoms with Gasteiger partial charge in [-0.05, 0) is 31.0 Å². The van der Waals surface area contributed by atoms with Crippen LogP contribution in [0.3, 0.4) is 0 Å². The zero-order chi connectivity index (χ0) is 19.0. The molecule has 27 heavy (non-hydrogen) atoms. The molecule has 1 aliphatic rings. The first-order chi connectivity index (χ1) is 13.1. The monoisotopic (exact) mass is 389 g/mol. The number of carbonyl (C=O) groups excluding carboxylic acids is 1. The number of methoxy groups -OCH3 is 2. The molecule has 1 aromatic carbocycles. The molecule has 0 spiro atoms. The first-order valence-corrected chi connectivity index (χ1v) is 9.61. The summed E-state index contributed by atoms with van der Waals surface area (Å²) in [5, 5.41) is 1.82. The van der Waals surface area contributed by atoms with Crippen LogP contribution < -0.4 is 4.74 Å². The van der Waals surface area contributed by atoms with Crippen LogP contribution in [-0.4, -0.2) is 53.6 Å². The quantitative estimate of drug-likeness (QED) is 0.686. The molecule has 4 rings (SSSR count).